The summed E-state index contributed by atoms with van der Waals surface area (Å²) in [6, 6.07) is 17.8. The van der Waals surface area contributed by atoms with Crippen LogP contribution in [0.25, 0.3) is 11.3 Å². The van der Waals surface area contributed by atoms with Gasteiger partial charge in [0.25, 0.3) is 0 Å². The Morgan fingerprint density at radius 1 is 1.12 bits per heavy atom. The lowest BCUT2D eigenvalue weighted by Crippen LogP contribution is -2.30. The highest BCUT2D eigenvalue weighted by Crippen LogP contribution is 2.21. The van der Waals surface area contributed by atoms with Crippen molar-refractivity contribution in [3.8, 4) is 11.3 Å². The van der Waals surface area contributed by atoms with Gasteiger partial charge in [-0.25, -0.2) is 9.18 Å². The van der Waals surface area contributed by atoms with Crippen LogP contribution < -0.4 is 10.6 Å². The van der Waals surface area contributed by atoms with E-state index in [2.05, 4.69) is 15.7 Å². The molecule has 0 radical (unpaired) electrons. The predicted molar refractivity (Wildman–Crippen MR) is 95.8 cm³/mol. The minimum atomic E-state index is -0.367. The molecule has 1 aromatic heterocycles. The lowest BCUT2D eigenvalue weighted by Gasteiger charge is -2.06. The molecule has 0 atom stereocenters. The number of hydrogen-bond donors (Lipinski definition) is 2. The molecule has 128 valence electrons. The van der Waals surface area contributed by atoms with Crippen molar-refractivity contribution in [3.63, 3.8) is 0 Å². The number of aromatic nitrogens is 2. The SMILES string of the molecule is Cn1nc(NC(=O)NCCc2ccccc2F)cc1-c1ccccc1. The van der Waals surface area contributed by atoms with Gasteiger partial charge in [0.05, 0.1) is 5.69 Å². The van der Waals surface area contributed by atoms with E-state index < -0.39 is 0 Å². The summed E-state index contributed by atoms with van der Waals surface area (Å²) in [5.41, 5.74) is 2.50. The van der Waals surface area contributed by atoms with Crippen LogP contribution in [0.4, 0.5) is 15.0 Å². The van der Waals surface area contributed by atoms with E-state index in [1.54, 1.807) is 22.9 Å². The molecule has 0 saturated heterocycles. The standard InChI is InChI=1S/C19H19FN4O/c1-24-17(15-8-3-2-4-9-15)13-18(23-24)22-19(25)21-12-11-14-7-5-6-10-16(14)20/h2-10,13H,11-12H2,1H3,(H2,21,22,23,25). The molecule has 0 spiro atoms. The summed E-state index contributed by atoms with van der Waals surface area (Å²) in [7, 11) is 1.82. The number of amides is 2. The number of nitrogens with one attached hydrogen (secondary N) is 2. The van der Waals surface area contributed by atoms with Crippen molar-refractivity contribution in [1.82, 2.24) is 15.1 Å². The second-order valence-electron chi connectivity index (χ2n) is 5.63. The average Bonchev–Trinajstić information content (AvgIpc) is 2.97. The zero-order valence-corrected chi connectivity index (χ0v) is 13.9. The quantitative estimate of drug-likeness (QED) is 0.747. The van der Waals surface area contributed by atoms with E-state index in [-0.39, 0.29) is 11.8 Å². The van der Waals surface area contributed by atoms with Crippen LogP contribution >= 0.6 is 0 Å². The first-order valence-electron chi connectivity index (χ1n) is 8.01. The van der Waals surface area contributed by atoms with Crippen LogP contribution in [0, 0.1) is 5.82 Å². The number of carbonyl (C=O) groups is 1. The number of aryl methyl sites for hydroxylation is 1. The van der Waals surface area contributed by atoms with E-state index in [0.717, 1.165) is 11.3 Å². The lowest BCUT2D eigenvalue weighted by atomic mass is 10.1. The molecule has 2 aromatic carbocycles. The lowest BCUT2D eigenvalue weighted by molar-refractivity contribution is 0.252. The van der Waals surface area contributed by atoms with E-state index >= 15 is 0 Å². The van der Waals surface area contributed by atoms with E-state index in [9.17, 15) is 9.18 Å². The fourth-order valence-electron chi connectivity index (χ4n) is 2.58. The summed E-state index contributed by atoms with van der Waals surface area (Å²) >= 11 is 0. The molecule has 6 heteroatoms. The van der Waals surface area contributed by atoms with Crippen LogP contribution in [-0.4, -0.2) is 22.4 Å². The molecule has 0 aliphatic rings. The first-order valence-corrected chi connectivity index (χ1v) is 8.01. The number of urea groups is 1. The molecule has 0 fully saturated rings. The number of halogens is 1. The van der Waals surface area contributed by atoms with E-state index in [0.29, 0.717) is 24.3 Å². The van der Waals surface area contributed by atoms with Crippen molar-refractivity contribution in [2.75, 3.05) is 11.9 Å². The number of anilines is 1. The molecule has 0 bridgehead atoms. The van der Waals surface area contributed by atoms with Gasteiger partial charge in [0.15, 0.2) is 5.82 Å². The van der Waals surface area contributed by atoms with Crippen molar-refractivity contribution in [2.24, 2.45) is 7.05 Å². The van der Waals surface area contributed by atoms with Gasteiger partial charge in [-0.15, -0.1) is 0 Å². The third kappa shape index (κ3) is 4.23. The Morgan fingerprint density at radius 2 is 1.84 bits per heavy atom. The third-order valence-electron chi connectivity index (χ3n) is 3.83. The number of nitrogens with zero attached hydrogens (tertiary/aromatic N) is 2. The summed E-state index contributed by atoms with van der Waals surface area (Å²) in [6.45, 7) is 0.338. The average molecular weight is 338 g/mol. The third-order valence-corrected chi connectivity index (χ3v) is 3.83. The van der Waals surface area contributed by atoms with Gasteiger partial charge in [0.2, 0.25) is 0 Å². The zero-order valence-electron chi connectivity index (χ0n) is 13.9. The maximum atomic E-state index is 13.5. The highest BCUT2D eigenvalue weighted by atomic mass is 19.1. The Bertz CT molecular complexity index is 861. The van der Waals surface area contributed by atoms with E-state index in [1.165, 1.54) is 6.07 Å². The van der Waals surface area contributed by atoms with Crippen molar-refractivity contribution in [2.45, 2.75) is 6.42 Å². The maximum Gasteiger partial charge on any atom is 0.320 e. The fourth-order valence-corrected chi connectivity index (χ4v) is 2.58. The second-order valence-corrected chi connectivity index (χ2v) is 5.63. The van der Waals surface area contributed by atoms with E-state index in [4.69, 9.17) is 0 Å². The molecular formula is C19H19FN4O. The van der Waals surface area contributed by atoms with Gasteiger partial charge in [-0.2, -0.15) is 5.10 Å². The Kier molecular flexibility index (Phi) is 5.09. The van der Waals surface area contributed by atoms with Gasteiger partial charge in [0.1, 0.15) is 5.82 Å². The maximum absolute atomic E-state index is 13.5. The summed E-state index contributed by atoms with van der Waals surface area (Å²) in [5, 5.41) is 9.70. The number of benzene rings is 2. The van der Waals surface area contributed by atoms with Gasteiger partial charge >= 0.3 is 6.03 Å². The van der Waals surface area contributed by atoms with Gasteiger partial charge in [-0.1, -0.05) is 48.5 Å². The summed E-state index contributed by atoms with van der Waals surface area (Å²) < 4.78 is 15.2. The van der Waals surface area contributed by atoms with Crippen molar-refractivity contribution >= 4 is 11.8 Å². The molecular weight excluding hydrogens is 319 g/mol. The molecule has 3 rings (SSSR count). The normalized spacial score (nSPS) is 10.5. The smallest absolute Gasteiger partial charge is 0.320 e. The Hall–Kier alpha value is -3.15. The first kappa shape index (κ1) is 16.7. The molecule has 2 N–H and O–H groups in total. The van der Waals surface area contributed by atoms with Crippen LogP contribution in [0.2, 0.25) is 0 Å². The Labute approximate surface area is 145 Å². The molecule has 0 saturated carbocycles. The minimum Gasteiger partial charge on any atom is -0.337 e. The molecule has 1 heterocycles. The van der Waals surface area contributed by atoms with Crippen LogP contribution in [-0.2, 0) is 13.5 Å². The molecule has 3 aromatic rings. The topological polar surface area (TPSA) is 59.0 Å². The highest BCUT2D eigenvalue weighted by Gasteiger charge is 2.10. The number of carbonyl (C=O) groups excluding carboxylic acids is 1. The largest absolute Gasteiger partial charge is 0.337 e. The van der Waals surface area contributed by atoms with Crippen molar-refractivity contribution in [3.05, 3.63) is 72.0 Å². The van der Waals surface area contributed by atoms with Crippen LogP contribution in [0.15, 0.2) is 60.7 Å². The van der Waals surface area contributed by atoms with Gasteiger partial charge in [0, 0.05) is 19.7 Å². The minimum absolute atomic E-state index is 0.262. The molecule has 2 amide bonds. The van der Waals surface area contributed by atoms with Gasteiger partial charge in [-0.3, -0.25) is 10.00 Å². The summed E-state index contributed by atoms with van der Waals surface area (Å²) in [4.78, 5) is 12.0. The summed E-state index contributed by atoms with van der Waals surface area (Å²) in [6.07, 6.45) is 0.428. The molecule has 0 aliphatic heterocycles. The molecule has 0 aliphatic carbocycles. The monoisotopic (exact) mass is 338 g/mol. The van der Waals surface area contributed by atoms with Crippen molar-refractivity contribution in [1.29, 1.82) is 0 Å². The van der Waals surface area contributed by atoms with Gasteiger partial charge in [-0.05, 0) is 23.6 Å². The van der Waals surface area contributed by atoms with Crippen molar-refractivity contribution < 1.29 is 9.18 Å². The molecule has 0 unspecified atom stereocenters. The second kappa shape index (κ2) is 7.61. The first-order chi connectivity index (χ1) is 12.1. The van der Waals surface area contributed by atoms with Gasteiger partial charge < -0.3 is 5.32 Å². The van der Waals surface area contributed by atoms with Crippen LogP contribution in [0.1, 0.15) is 5.56 Å². The Balaban J connectivity index is 1.56. The number of hydrogen-bond acceptors (Lipinski definition) is 2. The van der Waals surface area contributed by atoms with Crippen LogP contribution in [0.3, 0.4) is 0 Å². The highest BCUT2D eigenvalue weighted by molar-refractivity contribution is 5.88. The molecule has 5 nitrogen and oxygen atoms in total. The number of rotatable bonds is 5. The predicted octanol–water partition coefficient (Wildman–Crippen LogP) is 3.59. The Morgan fingerprint density at radius 3 is 2.60 bits per heavy atom. The molecule has 25 heavy (non-hydrogen) atoms. The van der Waals surface area contributed by atoms with Crippen LogP contribution in [0.5, 0.6) is 0 Å². The van der Waals surface area contributed by atoms with E-state index in [1.807, 2.05) is 43.4 Å². The summed E-state index contributed by atoms with van der Waals surface area (Å²) in [5.74, 6) is 0.201. The zero-order chi connectivity index (χ0) is 17.6. The fraction of sp³-hybridized carbons (Fsp3) is 0.158.